The average Bonchev–Trinajstić information content (AvgIpc) is 2.47. The summed E-state index contributed by atoms with van der Waals surface area (Å²) in [5, 5.41) is 27.7. The third-order valence-corrected chi connectivity index (χ3v) is 4.13. The van der Waals surface area contributed by atoms with Crippen LogP contribution in [-0.4, -0.2) is 46.2 Å². The second-order valence-corrected chi connectivity index (χ2v) is 6.09. The van der Waals surface area contributed by atoms with E-state index in [4.69, 9.17) is 9.84 Å². The minimum Gasteiger partial charge on any atom is -0.457 e. The van der Waals surface area contributed by atoms with Crippen LogP contribution in [0.25, 0.3) is 0 Å². The summed E-state index contributed by atoms with van der Waals surface area (Å²) in [7, 11) is 0. The van der Waals surface area contributed by atoms with Gasteiger partial charge in [-0.15, -0.1) is 0 Å². The van der Waals surface area contributed by atoms with Gasteiger partial charge in [-0.1, -0.05) is 41.7 Å². The summed E-state index contributed by atoms with van der Waals surface area (Å²) in [6, 6.07) is 0. The number of hydrogen-bond acceptors (Lipinski definition) is 5. The molecule has 5 nitrogen and oxygen atoms in total. The fraction of sp³-hybridized carbons (Fsp3) is 0.688. The Bertz CT molecular complexity index is 379. The molecule has 0 saturated carbocycles. The van der Waals surface area contributed by atoms with Gasteiger partial charge in [0.1, 0.15) is 6.10 Å². The number of carbonyl (C=O) groups is 1. The van der Waals surface area contributed by atoms with E-state index in [1.54, 1.807) is 13.0 Å². The van der Waals surface area contributed by atoms with Gasteiger partial charge in [-0.25, -0.2) is 0 Å². The van der Waals surface area contributed by atoms with Crippen molar-refractivity contribution < 1.29 is 24.9 Å². The smallest absolute Gasteiger partial charge is 0.309 e. The van der Waals surface area contributed by atoms with Gasteiger partial charge >= 0.3 is 5.97 Å². The molecular formula is C16H27IO5. The molecule has 0 unspecified atom stereocenters. The lowest BCUT2D eigenvalue weighted by molar-refractivity contribution is -0.151. The highest BCUT2D eigenvalue weighted by Gasteiger charge is 2.23. The van der Waals surface area contributed by atoms with Crippen LogP contribution < -0.4 is 0 Å². The molecule has 0 bridgehead atoms. The topological polar surface area (TPSA) is 87.0 Å². The molecule has 22 heavy (non-hydrogen) atoms. The van der Waals surface area contributed by atoms with Gasteiger partial charge in [0, 0.05) is 12.5 Å². The maximum atomic E-state index is 11.9. The number of hydrogen-bond donors (Lipinski definition) is 3. The SMILES string of the molecule is C/C(=C\I)[C@@H](OC(=O)C[C@H](O)CCCO)[C@@H](C)/C=C/[C@@H](C)O. The monoisotopic (exact) mass is 426 g/mol. The maximum Gasteiger partial charge on any atom is 0.309 e. The molecule has 6 heteroatoms. The first-order valence-electron chi connectivity index (χ1n) is 7.43. The maximum absolute atomic E-state index is 11.9. The van der Waals surface area contributed by atoms with Crippen LogP contribution in [0.15, 0.2) is 21.8 Å². The van der Waals surface area contributed by atoms with E-state index < -0.39 is 24.3 Å². The standard InChI is InChI=1S/C16H27IO5/c1-11(6-7-13(3)19)16(12(2)10-17)22-15(21)9-14(20)5-4-8-18/h6-7,10-11,13-14,16,18-20H,4-5,8-9H2,1-3H3/b7-6+,12-10+/t11-,13+,14+,16-/m0/s1. The van der Waals surface area contributed by atoms with Crippen molar-refractivity contribution in [1.82, 2.24) is 0 Å². The zero-order valence-corrected chi connectivity index (χ0v) is 15.6. The van der Waals surface area contributed by atoms with Crippen molar-refractivity contribution in [1.29, 1.82) is 0 Å². The molecule has 4 atom stereocenters. The summed E-state index contributed by atoms with van der Waals surface area (Å²) in [6.07, 6.45) is 2.43. The van der Waals surface area contributed by atoms with Crippen molar-refractivity contribution in [3.8, 4) is 0 Å². The molecule has 0 aromatic carbocycles. The molecule has 0 saturated heterocycles. The van der Waals surface area contributed by atoms with Crippen LogP contribution in [0.3, 0.4) is 0 Å². The summed E-state index contributed by atoms with van der Waals surface area (Å²) < 4.78 is 7.33. The Morgan fingerprint density at radius 2 is 1.91 bits per heavy atom. The molecule has 0 fully saturated rings. The Kier molecular flexibility index (Phi) is 11.8. The second kappa shape index (κ2) is 12.0. The van der Waals surface area contributed by atoms with Crippen LogP contribution in [0.5, 0.6) is 0 Å². The molecule has 0 heterocycles. The van der Waals surface area contributed by atoms with Crippen molar-refractivity contribution in [2.24, 2.45) is 5.92 Å². The van der Waals surface area contributed by atoms with Gasteiger partial charge in [-0.05, 0) is 36.3 Å². The predicted molar refractivity (Wildman–Crippen MR) is 94.6 cm³/mol. The van der Waals surface area contributed by atoms with E-state index in [2.05, 4.69) is 22.6 Å². The summed E-state index contributed by atoms with van der Waals surface area (Å²) in [5.74, 6) is -0.551. The number of ether oxygens (including phenoxy) is 1. The third kappa shape index (κ3) is 9.55. The van der Waals surface area contributed by atoms with Gasteiger partial charge < -0.3 is 20.1 Å². The Morgan fingerprint density at radius 1 is 1.27 bits per heavy atom. The number of carbonyl (C=O) groups excluding carboxylic acids is 1. The van der Waals surface area contributed by atoms with Crippen LogP contribution in [-0.2, 0) is 9.53 Å². The normalized spacial score (nSPS) is 18.0. The van der Waals surface area contributed by atoms with Crippen molar-refractivity contribution in [2.45, 2.75) is 58.3 Å². The molecule has 0 aromatic rings. The van der Waals surface area contributed by atoms with Crippen molar-refractivity contribution in [3.63, 3.8) is 0 Å². The molecular weight excluding hydrogens is 399 g/mol. The number of aliphatic hydroxyl groups excluding tert-OH is 3. The lowest BCUT2D eigenvalue weighted by atomic mass is 9.98. The molecule has 0 radical (unpaired) electrons. The van der Waals surface area contributed by atoms with E-state index in [1.165, 1.54) is 0 Å². The zero-order chi connectivity index (χ0) is 17.1. The largest absolute Gasteiger partial charge is 0.457 e. The minimum atomic E-state index is -0.799. The summed E-state index contributed by atoms with van der Waals surface area (Å²) in [6.45, 7) is 5.43. The van der Waals surface area contributed by atoms with Crippen molar-refractivity contribution in [2.75, 3.05) is 6.61 Å². The average molecular weight is 426 g/mol. The molecule has 0 aromatic heterocycles. The van der Waals surface area contributed by atoms with Gasteiger partial charge in [0.05, 0.1) is 18.6 Å². The molecule has 0 rings (SSSR count). The first-order valence-corrected chi connectivity index (χ1v) is 8.68. The van der Waals surface area contributed by atoms with E-state index in [-0.39, 0.29) is 18.9 Å². The van der Waals surface area contributed by atoms with Gasteiger partial charge in [-0.3, -0.25) is 4.79 Å². The van der Waals surface area contributed by atoms with Crippen LogP contribution >= 0.6 is 22.6 Å². The van der Waals surface area contributed by atoms with Crippen molar-refractivity contribution >= 4 is 28.6 Å². The fourth-order valence-electron chi connectivity index (χ4n) is 1.93. The van der Waals surface area contributed by atoms with E-state index in [9.17, 15) is 15.0 Å². The third-order valence-electron chi connectivity index (χ3n) is 3.15. The Labute approximate surface area is 146 Å². The van der Waals surface area contributed by atoms with Gasteiger partial charge in [0.25, 0.3) is 0 Å². The van der Waals surface area contributed by atoms with Crippen LogP contribution in [0.1, 0.15) is 40.0 Å². The fourth-order valence-corrected chi connectivity index (χ4v) is 2.28. The molecule has 0 aliphatic heterocycles. The summed E-state index contributed by atoms with van der Waals surface area (Å²) >= 11 is 2.09. The van der Waals surface area contributed by atoms with Crippen LogP contribution in [0, 0.1) is 5.92 Å². The van der Waals surface area contributed by atoms with Crippen LogP contribution in [0.2, 0.25) is 0 Å². The minimum absolute atomic E-state index is 0.00735. The molecule has 0 aliphatic rings. The number of esters is 1. The molecule has 0 aliphatic carbocycles. The van der Waals surface area contributed by atoms with Gasteiger partial charge in [-0.2, -0.15) is 0 Å². The molecule has 128 valence electrons. The summed E-state index contributed by atoms with van der Waals surface area (Å²) in [5.41, 5.74) is 0.904. The van der Waals surface area contributed by atoms with Gasteiger partial charge in [0.2, 0.25) is 0 Å². The quantitative estimate of drug-likeness (QED) is 0.284. The highest BCUT2D eigenvalue weighted by Crippen LogP contribution is 2.20. The van der Waals surface area contributed by atoms with E-state index in [1.807, 2.05) is 24.0 Å². The highest BCUT2D eigenvalue weighted by atomic mass is 127. The number of halogens is 1. The van der Waals surface area contributed by atoms with Crippen molar-refractivity contribution in [3.05, 3.63) is 21.8 Å². The molecule has 3 N–H and O–H groups in total. The Morgan fingerprint density at radius 3 is 2.41 bits per heavy atom. The Hall–Kier alpha value is -0.440. The first-order chi connectivity index (χ1) is 10.3. The first kappa shape index (κ1) is 21.6. The second-order valence-electron chi connectivity index (χ2n) is 5.47. The lowest BCUT2D eigenvalue weighted by Crippen LogP contribution is -2.27. The number of rotatable bonds is 10. The summed E-state index contributed by atoms with van der Waals surface area (Å²) in [4.78, 5) is 11.9. The molecule has 0 amide bonds. The number of aliphatic hydroxyl groups is 3. The van der Waals surface area contributed by atoms with E-state index >= 15 is 0 Å². The highest BCUT2D eigenvalue weighted by molar-refractivity contribution is 14.1. The lowest BCUT2D eigenvalue weighted by Gasteiger charge is -2.23. The van der Waals surface area contributed by atoms with E-state index in [0.717, 1.165) is 5.57 Å². The van der Waals surface area contributed by atoms with E-state index in [0.29, 0.717) is 12.8 Å². The zero-order valence-electron chi connectivity index (χ0n) is 13.4. The van der Waals surface area contributed by atoms with Gasteiger partial charge in [0.15, 0.2) is 0 Å². The molecule has 0 spiro atoms. The Balaban J connectivity index is 4.69. The predicted octanol–water partition coefficient (Wildman–Crippen LogP) is 2.33. The van der Waals surface area contributed by atoms with Crippen LogP contribution in [0.4, 0.5) is 0 Å².